The fraction of sp³-hybridized carbons (Fsp3) is 0.450. The zero-order valence-corrected chi connectivity index (χ0v) is 17.5. The van der Waals surface area contributed by atoms with E-state index in [1.54, 1.807) is 34.3 Å². The molecule has 0 radical (unpaired) electrons. The summed E-state index contributed by atoms with van der Waals surface area (Å²) in [6.45, 7) is 4.39. The van der Waals surface area contributed by atoms with Crippen molar-refractivity contribution in [1.82, 2.24) is 14.5 Å². The molecular formula is C20H25N5O5. The van der Waals surface area contributed by atoms with Crippen LogP contribution in [0.1, 0.15) is 17.4 Å². The van der Waals surface area contributed by atoms with E-state index in [-0.39, 0.29) is 5.56 Å². The predicted octanol–water partition coefficient (Wildman–Crippen LogP) is 1.24. The maximum absolute atomic E-state index is 12.9. The zero-order chi connectivity index (χ0) is 21.3. The molecule has 0 amide bonds. The van der Waals surface area contributed by atoms with Crippen molar-refractivity contribution in [1.29, 1.82) is 0 Å². The average molecular weight is 415 g/mol. The Morgan fingerprint density at radius 2 is 1.83 bits per heavy atom. The SMILES string of the molecule is COc1ccc([C@@H]2N=C(N3CCOCC3)Nc3nc(C)cc(=O)n32)c(OC)c1OC. The summed E-state index contributed by atoms with van der Waals surface area (Å²) >= 11 is 0. The van der Waals surface area contributed by atoms with Gasteiger partial charge in [-0.3, -0.25) is 14.7 Å². The minimum absolute atomic E-state index is 0.211. The lowest BCUT2D eigenvalue weighted by atomic mass is 10.1. The first-order chi connectivity index (χ1) is 14.6. The minimum Gasteiger partial charge on any atom is -0.493 e. The highest BCUT2D eigenvalue weighted by Gasteiger charge is 2.31. The van der Waals surface area contributed by atoms with Gasteiger partial charge in [0.15, 0.2) is 17.7 Å². The number of methoxy groups -OCH3 is 3. The second-order valence-corrected chi connectivity index (χ2v) is 6.90. The number of benzene rings is 1. The van der Waals surface area contributed by atoms with Crippen molar-refractivity contribution >= 4 is 11.9 Å². The molecule has 1 N–H and O–H groups in total. The molecule has 0 unspecified atom stereocenters. The van der Waals surface area contributed by atoms with Crippen LogP contribution >= 0.6 is 0 Å². The molecule has 10 heteroatoms. The highest BCUT2D eigenvalue weighted by atomic mass is 16.5. The molecular weight excluding hydrogens is 390 g/mol. The molecule has 1 aromatic heterocycles. The summed E-state index contributed by atoms with van der Waals surface area (Å²) in [5.41, 5.74) is 1.08. The summed E-state index contributed by atoms with van der Waals surface area (Å²) in [4.78, 5) is 24.4. The normalized spacial score (nSPS) is 18.2. The van der Waals surface area contributed by atoms with Crippen molar-refractivity contribution in [3.63, 3.8) is 0 Å². The second-order valence-electron chi connectivity index (χ2n) is 6.90. The second kappa shape index (κ2) is 8.23. The highest BCUT2D eigenvalue weighted by molar-refractivity contribution is 5.93. The first kappa shape index (κ1) is 20.0. The van der Waals surface area contributed by atoms with Gasteiger partial charge in [0, 0.05) is 30.4 Å². The van der Waals surface area contributed by atoms with Crippen molar-refractivity contribution in [2.24, 2.45) is 4.99 Å². The third-order valence-corrected chi connectivity index (χ3v) is 5.12. The van der Waals surface area contributed by atoms with Crippen LogP contribution in [0.4, 0.5) is 5.95 Å². The molecule has 30 heavy (non-hydrogen) atoms. The summed E-state index contributed by atoms with van der Waals surface area (Å²) in [6.07, 6.45) is -0.686. The summed E-state index contributed by atoms with van der Waals surface area (Å²) in [5.74, 6) is 2.48. The van der Waals surface area contributed by atoms with E-state index >= 15 is 0 Å². The predicted molar refractivity (Wildman–Crippen MR) is 111 cm³/mol. The van der Waals surface area contributed by atoms with Crippen molar-refractivity contribution in [3.05, 3.63) is 39.8 Å². The van der Waals surface area contributed by atoms with Crippen molar-refractivity contribution < 1.29 is 18.9 Å². The third-order valence-electron chi connectivity index (χ3n) is 5.12. The van der Waals surface area contributed by atoms with Gasteiger partial charge >= 0.3 is 0 Å². The third kappa shape index (κ3) is 3.43. The first-order valence-corrected chi connectivity index (χ1v) is 9.64. The Kier molecular flexibility index (Phi) is 5.49. The van der Waals surface area contributed by atoms with Crippen LogP contribution in [0.2, 0.25) is 0 Å². The van der Waals surface area contributed by atoms with Crippen molar-refractivity contribution in [2.45, 2.75) is 13.1 Å². The largest absolute Gasteiger partial charge is 0.493 e. The number of guanidine groups is 1. The lowest BCUT2D eigenvalue weighted by Crippen LogP contribution is -2.47. The van der Waals surface area contributed by atoms with Gasteiger partial charge in [-0.15, -0.1) is 0 Å². The zero-order valence-electron chi connectivity index (χ0n) is 17.5. The Bertz CT molecular complexity index is 1030. The summed E-state index contributed by atoms with van der Waals surface area (Å²) in [5, 5.41) is 3.21. The van der Waals surface area contributed by atoms with Crippen LogP contribution in [0, 0.1) is 6.92 Å². The lowest BCUT2D eigenvalue weighted by molar-refractivity contribution is 0.0675. The van der Waals surface area contributed by atoms with Gasteiger partial charge in [0.05, 0.1) is 34.5 Å². The minimum atomic E-state index is -0.686. The molecule has 1 aromatic carbocycles. The van der Waals surface area contributed by atoms with Gasteiger partial charge in [-0.25, -0.2) is 9.98 Å². The molecule has 0 saturated carbocycles. The van der Waals surface area contributed by atoms with Crippen LogP contribution in [-0.4, -0.2) is 68.0 Å². The van der Waals surface area contributed by atoms with Crippen LogP contribution < -0.4 is 25.1 Å². The van der Waals surface area contributed by atoms with Crippen molar-refractivity contribution in [3.8, 4) is 17.2 Å². The number of aromatic nitrogens is 2. The summed E-state index contributed by atoms with van der Waals surface area (Å²) < 4.78 is 23.5. The Morgan fingerprint density at radius 1 is 1.10 bits per heavy atom. The number of ether oxygens (including phenoxy) is 4. The molecule has 1 fully saturated rings. The molecule has 2 aromatic rings. The van der Waals surface area contributed by atoms with Gasteiger partial charge in [0.1, 0.15) is 0 Å². The van der Waals surface area contributed by atoms with E-state index < -0.39 is 6.17 Å². The lowest BCUT2D eigenvalue weighted by Gasteiger charge is -2.35. The van der Waals surface area contributed by atoms with E-state index in [2.05, 4.69) is 15.2 Å². The van der Waals surface area contributed by atoms with E-state index in [0.717, 1.165) is 0 Å². The van der Waals surface area contributed by atoms with Gasteiger partial charge in [-0.05, 0) is 19.1 Å². The highest BCUT2D eigenvalue weighted by Crippen LogP contribution is 2.44. The number of fused-ring (bicyclic) bond motifs is 1. The number of anilines is 1. The van der Waals surface area contributed by atoms with Crippen LogP contribution in [0.3, 0.4) is 0 Å². The monoisotopic (exact) mass is 415 g/mol. The number of morpholine rings is 1. The molecule has 4 rings (SSSR count). The van der Waals surface area contributed by atoms with E-state index in [1.807, 2.05) is 6.07 Å². The Labute approximate surface area is 174 Å². The number of rotatable bonds is 4. The maximum Gasteiger partial charge on any atom is 0.257 e. The van der Waals surface area contributed by atoms with Crippen LogP contribution in [0.15, 0.2) is 28.0 Å². The molecule has 1 atom stereocenters. The van der Waals surface area contributed by atoms with Crippen LogP contribution in [-0.2, 0) is 4.74 Å². The molecule has 0 spiro atoms. The number of nitrogens with zero attached hydrogens (tertiary/aromatic N) is 4. The summed E-state index contributed by atoms with van der Waals surface area (Å²) in [6, 6.07) is 5.09. The molecule has 2 aliphatic heterocycles. The Morgan fingerprint density at radius 3 is 2.50 bits per heavy atom. The van der Waals surface area contributed by atoms with Gasteiger partial charge < -0.3 is 23.8 Å². The Balaban J connectivity index is 1.91. The fourth-order valence-corrected chi connectivity index (χ4v) is 3.71. The molecule has 10 nitrogen and oxygen atoms in total. The van der Waals surface area contributed by atoms with Gasteiger partial charge in [-0.1, -0.05) is 0 Å². The van der Waals surface area contributed by atoms with Crippen molar-refractivity contribution in [2.75, 3.05) is 52.9 Å². The smallest absolute Gasteiger partial charge is 0.257 e. The van der Waals surface area contributed by atoms with E-state index in [9.17, 15) is 4.79 Å². The number of aryl methyl sites for hydroxylation is 1. The summed E-state index contributed by atoms with van der Waals surface area (Å²) in [7, 11) is 4.65. The first-order valence-electron chi connectivity index (χ1n) is 9.64. The number of hydrogen-bond acceptors (Lipinski definition) is 9. The maximum atomic E-state index is 12.9. The quantitative estimate of drug-likeness (QED) is 0.796. The molecule has 160 valence electrons. The Hall–Kier alpha value is -3.27. The van der Waals surface area contributed by atoms with Gasteiger partial charge in [0.25, 0.3) is 5.56 Å². The fourth-order valence-electron chi connectivity index (χ4n) is 3.71. The number of aliphatic imine (C=N–C) groups is 1. The van der Waals surface area contributed by atoms with Gasteiger partial charge in [-0.2, -0.15) is 0 Å². The number of nitrogens with one attached hydrogen (secondary N) is 1. The van der Waals surface area contributed by atoms with Gasteiger partial charge in [0.2, 0.25) is 17.7 Å². The molecule has 1 saturated heterocycles. The van der Waals surface area contributed by atoms with E-state index in [1.165, 1.54) is 10.6 Å². The molecule has 2 aliphatic rings. The molecule has 0 aliphatic carbocycles. The standard InChI is InChI=1S/C20H25N5O5/c1-12-11-15(26)25-18(13-5-6-14(27-2)17(29-4)16(13)28-3)22-19(23-20(25)21-12)24-7-9-30-10-8-24/h5-6,11,18H,7-10H2,1-4H3,(H,21,22,23)/t18-/m1/s1. The van der Waals surface area contributed by atoms with Crippen LogP contribution in [0.5, 0.6) is 17.2 Å². The number of hydrogen-bond donors (Lipinski definition) is 1. The molecule has 0 bridgehead atoms. The topological polar surface area (TPSA) is 99.4 Å². The van der Waals surface area contributed by atoms with E-state index in [0.29, 0.717) is 66.7 Å². The average Bonchev–Trinajstić information content (AvgIpc) is 2.77. The molecule has 3 heterocycles. The van der Waals surface area contributed by atoms with E-state index in [4.69, 9.17) is 23.9 Å². The van der Waals surface area contributed by atoms with Crippen LogP contribution in [0.25, 0.3) is 0 Å².